The fourth-order valence-corrected chi connectivity index (χ4v) is 2.92. The molecule has 1 aromatic heterocycles. The second kappa shape index (κ2) is 8.23. The molecule has 7 nitrogen and oxygen atoms in total. The lowest BCUT2D eigenvalue weighted by molar-refractivity contribution is -0.176. The maximum Gasteiger partial charge on any atom is 0.411 e. The Bertz CT molecular complexity index is 1030. The van der Waals surface area contributed by atoms with Crippen molar-refractivity contribution < 1.29 is 22.7 Å². The highest BCUT2D eigenvalue weighted by atomic mass is 19.4. The zero-order valence-corrected chi connectivity index (χ0v) is 15.8. The quantitative estimate of drug-likeness (QED) is 0.628. The molecule has 1 N–H and O–H groups in total. The number of hydrogen-bond acceptors (Lipinski definition) is 5. The van der Waals surface area contributed by atoms with Crippen molar-refractivity contribution >= 4 is 11.6 Å². The van der Waals surface area contributed by atoms with E-state index in [9.17, 15) is 18.0 Å². The number of tetrazole rings is 1. The van der Waals surface area contributed by atoms with Gasteiger partial charge in [0.1, 0.15) is 6.61 Å². The van der Waals surface area contributed by atoms with Crippen molar-refractivity contribution in [3.63, 3.8) is 0 Å². The van der Waals surface area contributed by atoms with Crippen LogP contribution < -0.4 is 5.32 Å². The van der Waals surface area contributed by atoms with Gasteiger partial charge in [0, 0.05) is 16.8 Å². The maximum atomic E-state index is 12.5. The first-order chi connectivity index (χ1) is 14.4. The monoisotopic (exact) mass is 417 g/mol. The highest BCUT2D eigenvalue weighted by Crippen LogP contribution is 2.36. The number of halogens is 3. The lowest BCUT2D eigenvalue weighted by Crippen LogP contribution is -2.16. The first-order valence-corrected chi connectivity index (χ1v) is 9.32. The fourth-order valence-electron chi connectivity index (χ4n) is 2.92. The molecule has 10 heteroatoms. The molecule has 1 fully saturated rings. The summed E-state index contributed by atoms with van der Waals surface area (Å²) >= 11 is 0. The average molecular weight is 417 g/mol. The third-order valence-corrected chi connectivity index (χ3v) is 4.51. The number of carbonyl (C=O) groups excluding carboxylic acids is 1. The lowest BCUT2D eigenvalue weighted by atomic mass is 10.1. The standard InChI is InChI=1S/C20H18F3N5O2/c21-20(22,23)12-30-11-13-4-6-14(7-5-13)19(29)24-16-3-1-2-15(10-16)18-25-26-27-28(18)17-8-9-17/h1-7,10,17H,8-9,11-12H2,(H,24,29). The first kappa shape index (κ1) is 20.0. The van der Waals surface area contributed by atoms with Crippen molar-refractivity contribution in [1.82, 2.24) is 20.2 Å². The van der Waals surface area contributed by atoms with Crippen molar-refractivity contribution in [2.24, 2.45) is 0 Å². The summed E-state index contributed by atoms with van der Waals surface area (Å²) in [5, 5.41) is 14.7. The minimum absolute atomic E-state index is 0.181. The molecule has 1 amide bonds. The topological polar surface area (TPSA) is 81.9 Å². The Kier molecular flexibility index (Phi) is 5.49. The number of ether oxygens (including phenoxy) is 1. The Labute approximate surface area is 169 Å². The highest BCUT2D eigenvalue weighted by Gasteiger charge is 2.28. The second-order valence-electron chi connectivity index (χ2n) is 7.02. The molecular weight excluding hydrogens is 399 g/mol. The molecule has 0 radical (unpaired) electrons. The van der Waals surface area contributed by atoms with Crippen molar-refractivity contribution in [2.45, 2.75) is 31.7 Å². The average Bonchev–Trinajstić information content (AvgIpc) is 3.44. The third kappa shape index (κ3) is 5.01. The molecule has 30 heavy (non-hydrogen) atoms. The van der Waals surface area contributed by atoms with E-state index in [4.69, 9.17) is 0 Å². The summed E-state index contributed by atoms with van der Waals surface area (Å²) in [7, 11) is 0. The van der Waals surface area contributed by atoms with E-state index in [0.717, 1.165) is 18.4 Å². The Morgan fingerprint density at radius 1 is 1.17 bits per heavy atom. The largest absolute Gasteiger partial charge is 0.411 e. The number of nitrogens with zero attached hydrogens (tertiary/aromatic N) is 4. The Morgan fingerprint density at radius 2 is 1.93 bits per heavy atom. The summed E-state index contributed by atoms with van der Waals surface area (Å²) in [4.78, 5) is 12.5. The second-order valence-corrected chi connectivity index (χ2v) is 7.02. The Morgan fingerprint density at radius 3 is 2.63 bits per heavy atom. The molecule has 0 atom stereocenters. The summed E-state index contributed by atoms with van der Waals surface area (Å²) < 4.78 is 42.8. The minimum atomic E-state index is -4.36. The van der Waals surface area contributed by atoms with Crippen molar-refractivity contribution in [3.8, 4) is 11.4 Å². The van der Waals surface area contributed by atoms with Crippen LogP contribution in [0.5, 0.6) is 0 Å². The van der Waals surface area contributed by atoms with Crippen LogP contribution >= 0.6 is 0 Å². The molecule has 3 aromatic rings. The number of amides is 1. The van der Waals surface area contributed by atoms with Crippen LogP contribution in [0.4, 0.5) is 18.9 Å². The molecule has 1 aliphatic rings. The number of benzene rings is 2. The van der Waals surface area contributed by atoms with E-state index in [-0.39, 0.29) is 12.5 Å². The van der Waals surface area contributed by atoms with Gasteiger partial charge in [-0.1, -0.05) is 24.3 Å². The number of rotatable bonds is 7. The van der Waals surface area contributed by atoms with E-state index in [2.05, 4.69) is 25.6 Å². The van der Waals surface area contributed by atoms with Crippen LogP contribution in [0, 0.1) is 0 Å². The van der Waals surface area contributed by atoms with Crippen LogP contribution in [0.25, 0.3) is 11.4 Å². The van der Waals surface area contributed by atoms with Gasteiger partial charge in [0.15, 0.2) is 5.82 Å². The van der Waals surface area contributed by atoms with E-state index >= 15 is 0 Å². The lowest BCUT2D eigenvalue weighted by Gasteiger charge is -2.09. The van der Waals surface area contributed by atoms with Crippen LogP contribution in [0.3, 0.4) is 0 Å². The van der Waals surface area contributed by atoms with Gasteiger partial charge in [0.2, 0.25) is 0 Å². The summed E-state index contributed by atoms with van der Waals surface area (Å²) in [5.74, 6) is 0.313. The van der Waals surface area contributed by atoms with Gasteiger partial charge in [-0.05, 0) is 53.1 Å². The van der Waals surface area contributed by atoms with E-state index in [1.54, 1.807) is 47.1 Å². The molecule has 0 saturated heterocycles. The van der Waals surface area contributed by atoms with Crippen LogP contribution in [0.2, 0.25) is 0 Å². The first-order valence-electron chi connectivity index (χ1n) is 9.32. The van der Waals surface area contributed by atoms with Crippen molar-refractivity contribution in [1.29, 1.82) is 0 Å². The van der Waals surface area contributed by atoms with Gasteiger partial charge in [-0.15, -0.1) is 5.10 Å². The maximum absolute atomic E-state index is 12.5. The molecule has 0 bridgehead atoms. The number of aromatic nitrogens is 4. The van der Waals surface area contributed by atoms with Gasteiger partial charge in [0.25, 0.3) is 5.91 Å². The molecule has 1 heterocycles. The normalized spacial score (nSPS) is 14.0. The molecule has 1 saturated carbocycles. The van der Waals surface area contributed by atoms with E-state index in [0.29, 0.717) is 28.7 Å². The summed E-state index contributed by atoms with van der Waals surface area (Å²) in [6.07, 6.45) is -2.27. The fraction of sp³-hybridized carbons (Fsp3) is 0.300. The molecule has 2 aromatic carbocycles. The van der Waals surface area contributed by atoms with Crippen LogP contribution in [0.15, 0.2) is 48.5 Å². The molecular formula is C20H18F3N5O2. The molecule has 0 unspecified atom stereocenters. The van der Waals surface area contributed by atoms with E-state index in [1.165, 1.54) is 0 Å². The van der Waals surface area contributed by atoms with Gasteiger partial charge < -0.3 is 10.1 Å². The Hall–Kier alpha value is -3.27. The van der Waals surface area contributed by atoms with Gasteiger partial charge >= 0.3 is 6.18 Å². The minimum Gasteiger partial charge on any atom is -0.367 e. The number of hydrogen-bond donors (Lipinski definition) is 1. The number of carbonyl (C=O) groups is 1. The summed E-state index contributed by atoms with van der Waals surface area (Å²) in [6, 6.07) is 13.8. The van der Waals surface area contributed by atoms with Gasteiger partial charge in [-0.3, -0.25) is 4.79 Å². The van der Waals surface area contributed by atoms with Crippen molar-refractivity contribution in [2.75, 3.05) is 11.9 Å². The van der Waals surface area contributed by atoms with E-state index < -0.39 is 12.8 Å². The SMILES string of the molecule is O=C(Nc1cccc(-c2nnnn2C2CC2)c1)c1ccc(COCC(F)(F)F)cc1. The molecule has 1 aliphatic carbocycles. The summed E-state index contributed by atoms with van der Waals surface area (Å²) in [5.41, 5.74) is 2.30. The van der Waals surface area contributed by atoms with Crippen molar-refractivity contribution in [3.05, 3.63) is 59.7 Å². The van der Waals surface area contributed by atoms with Crippen LogP contribution in [-0.4, -0.2) is 38.9 Å². The number of anilines is 1. The van der Waals surface area contributed by atoms with Gasteiger partial charge in [-0.25, -0.2) is 4.68 Å². The molecule has 0 spiro atoms. The predicted molar refractivity (Wildman–Crippen MR) is 102 cm³/mol. The van der Waals surface area contributed by atoms with Gasteiger partial charge in [-0.2, -0.15) is 13.2 Å². The predicted octanol–water partition coefficient (Wildman–Crippen LogP) is 4.01. The Balaban J connectivity index is 1.40. The smallest absolute Gasteiger partial charge is 0.367 e. The molecule has 4 rings (SSSR count). The number of alkyl halides is 3. The van der Waals surface area contributed by atoms with E-state index in [1.807, 2.05) is 6.07 Å². The summed E-state index contributed by atoms with van der Waals surface area (Å²) in [6.45, 7) is -1.49. The van der Waals surface area contributed by atoms with Gasteiger partial charge in [0.05, 0.1) is 12.6 Å². The van der Waals surface area contributed by atoms with Crippen LogP contribution in [-0.2, 0) is 11.3 Å². The third-order valence-electron chi connectivity index (χ3n) is 4.51. The molecule has 0 aliphatic heterocycles. The zero-order chi connectivity index (χ0) is 21.1. The molecule has 156 valence electrons. The van der Waals surface area contributed by atoms with Crippen LogP contribution in [0.1, 0.15) is 34.8 Å². The highest BCUT2D eigenvalue weighted by molar-refractivity contribution is 6.04. The zero-order valence-electron chi connectivity index (χ0n) is 15.8. The number of nitrogens with one attached hydrogen (secondary N) is 1.